The first-order valence-corrected chi connectivity index (χ1v) is 23.5. The van der Waals surface area contributed by atoms with E-state index < -0.39 is 65.0 Å². The molecule has 4 aromatic carbocycles. The number of hydrogen-bond acceptors (Lipinski definition) is 6. The van der Waals surface area contributed by atoms with Gasteiger partial charge in [-0.15, -0.1) is 11.1 Å². The highest BCUT2D eigenvalue weighted by molar-refractivity contribution is 7.89. The summed E-state index contributed by atoms with van der Waals surface area (Å²) in [6.07, 6.45) is 0. The molecule has 0 aliphatic rings. The lowest BCUT2D eigenvalue weighted by molar-refractivity contribution is -0.0505. The zero-order chi connectivity index (χ0) is 33.7. The fraction of sp³-hybridized carbons (Fsp3) is 0.0714. The first-order chi connectivity index (χ1) is 21.5. The summed E-state index contributed by atoms with van der Waals surface area (Å²) in [5, 5.41) is 0.539. The van der Waals surface area contributed by atoms with E-state index >= 15 is 0 Å². The minimum absolute atomic E-state index is 0.135. The lowest BCUT2D eigenvalue weighted by atomic mass is 10.4. The van der Waals surface area contributed by atoms with Gasteiger partial charge in [0.25, 0.3) is 15.7 Å². The second-order valence-electron chi connectivity index (χ2n) is 9.29. The maximum absolute atomic E-state index is 13.7. The van der Waals surface area contributed by atoms with Crippen LogP contribution in [0.1, 0.15) is 0 Å². The predicted octanol–water partition coefficient (Wildman–Crippen LogP) is 2.56. The molecule has 6 nitrogen and oxygen atoms in total. The number of hydrogen-bond donors (Lipinski definition) is 0. The first-order valence-electron chi connectivity index (χ1n) is 12.8. The second-order valence-corrected chi connectivity index (χ2v) is 25.1. The number of rotatable bonds is 10. The summed E-state index contributed by atoms with van der Waals surface area (Å²) in [6.45, 7) is 0. The summed E-state index contributed by atoms with van der Waals surface area (Å²) in [5.41, 5.74) is -6.15. The summed E-state index contributed by atoms with van der Waals surface area (Å²) in [4.78, 5) is 0. The monoisotopic (exact) mass is 742 g/mol. The maximum Gasteiger partial charge on any atom is 0.522 e. The highest BCUT2D eigenvalue weighted by Crippen LogP contribution is 2.28. The molecule has 0 saturated carbocycles. The summed E-state index contributed by atoms with van der Waals surface area (Å²) in [7, 11) is -23.0. The molecule has 0 unspecified atom stereocenters. The van der Waals surface area contributed by atoms with Crippen LogP contribution < -0.4 is 20.7 Å². The molecule has 0 spiro atoms. The minimum atomic E-state index is -6.16. The third kappa shape index (κ3) is 7.63. The smallest absolute Gasteiger partial charge is 0.300 e. The van der Waals surface area contributed by atoms with Gasteiger partial charge in [-0.1, -0.05) is 121 Å². The Morgan fingerprint density at radius 3 is 0.870 bits per heavy atom. The van der Waals surface area contributed by atoms with Crippen molar-refractivity contribution in [3.8, 4) is 11.1 Å². The molecule has 4 rings (SSSR count). The molecule has 0 N–H and O–H groups in total. The Kier molecular flexibility index (Phi) is 10.7. The number of alkyl halides is 6. The van der Waals surface area contributed by atoms with Crippen LogP contribution in [0, 0.1) is 11.1 Å². The molecule has 0 aliphatic heterocycles. The molecule has 0 bridgehead atoms. The lowest BCUT2D eigenvalue weighted by Crippen LogP contribution is -2.68. The molecule has 46 heavy (non-hydrogen) atoms. The second kappa shape index (κ2) is 13.8. The maximum atomic E-state index is 13.7. The van der Waals surface area contributed by atoms with Gasteiger partial charge in [-0.2, -0.15) is 43.2 Å². The standard InChI is InChI=1S/C28H20F6O6S2Si4/c29-27(30,31)41(35,36)39-45(23-13-5-1-6-14-23,24-15-7-2-8-16-24)43-21-22-44-46(25-17-9-3-10-18-25,26-19-11-4-12-20-26)40-42(37,38)28(32,33)34/h1-20H. The van der Waals surface area contributed by atoms with Gasteiger partial charge in [0.1, 0.15) is 0 Å². The van der Waals surface area contributed by atoms with Crippen molar-refractivity contribution >= 4 is 74.7 Å². The van der Waals surface area contributed by atoms with Gasteiger partial charge in [0.05, 0.1) is 0 Å². The molecule has 4 radical (unpaired) electrons. The molecule has 0 saturated heterocycles. The third-order valence-electron chi connectivity index (χ3n) is 6.30. The molecule has 0 atom stereocenters. The topological polar surface area (TPSA) is 86.7 Å². The molecule has 0 aromatic heterocycles. The van der Waals surface area contributed by atoms with Crippen LogP contribution in [0.25, 0.3) is 0 Å². The lowest BCUT2D eigenvalue weighted by Gasteiger charge is -2.30. The van der Waals surface area contributed by atoms with Gasteiger partial charge in [0.15, 0.2) is 18.1 Å². The largest absolute Gasteiger partial charge is 0.522 e. The van der Waals surface area contributed by atoms with Gasteiger partial charge in [0.2, 0.25) is 0 Å². The van der Waals surface area contributed by atoms with Gasteiger partial charge in [-0.3, -0.25) is 7.74 Å². The fourth-order valence-corrected chi connectivity index (χ4v) is 22.9. The molecular formula is C28H20F6O6S2Si4. The molecule has 0 heterocycles. The molecule has 0 amide bonds. The zero-order valence-corrected chi connectivity index (χ0v) is 28.7. The van der Waals surface area contributed by atoms with Crippen molar-refractivity contribution in [2.24, 2.45) is 0 Å². The Hall–Kier alpha value is -3.29. The summed E-state index contributed by atoms with van der Waals surface area (Å²) in [5.74, 6) is 0. The first kappa shape index (κ1) is 35.6. The third-order valence-corrected chi connectivity index (χ3v) is 25.1. The van der Waals surface area contributed by atoms with Crippen molar-refractivity contribution in [2.75, 3.05) is 0 Å². The van der Waals surface area contributed by atoms with E-state index in [4.69, 9.17) is 7.74 Å². The predicted molar refractivity (Wildman–Crippen MR) is 167 cm³/mol. The van der Waals surface area contributed by atoms with E-state index in [2.05, 4.69) is 11.1 Å². The average molecular weight is 743 g/mol. The normalized spacial score (nSPS) is 13.1. The number of benzene rings is 4. The van der Waals surface area contributed by atoms with Crippen molar-refractivity contribution in [2.45, 2.75) is 11.0 Å². The average Bonchev–Trinajstić information content (AvgIpc) is 3.02. The summed E-state index contributed by atoms with van der Waals surface area (Å²) >= 11 is 0. The van der Waals surface area contributed by atoms with Gasteiger partial charge < -0.3 is 0 Å². The van der Waals surface area contributed by atoms with E-state index in [1.807, 2.05) is 0 Å². The Balaban J connectivity index is 1.91. The highest BCUT2D eigenvalue weighted by Gasteiger charge is 2.56. The van der Waals surface area contributed by atoms with Crippen LogP contribution in [-0.4, -0.2) is 61.6 Å². The van der Waals surface area contributed by atoms with Crippen LogP contribution in [0.4, 0.5) is 26.3 Å². The van der Waals surface area contributed by atoms with Crippen molar-refractivity contribution in [1.29, 1.82) is 0 Å². The van der Waals surface area contributed by atoms with Crippen molar-refractivity contribution < 1.29 is 50.9 Å². The summed E-state index contributed by atoms with van der Waals surface area (Å²) < 4.78 is 142. The zero-order valence-electron chi connectivity index (χ0n) is 23.1. The molecule has 18 heteroatoms. The molecular weight excluding hydrogens is 723 g/mol. The molecule has 0 fully saturated rings. The van der Waals surface area contributed by atoms with E-state index in [1.165, 1.54) is 97.1 Å². The van der Waals surface area contributed by atoms with Gasteiger partial charge in [-0.25, -0.2) is 0 Å². The van der Waals surface area contributed by atoms with E-state index in [-0.39, 0.29) is 20.7 Å². The van der Waals surface area contributed by atoms with Crippen molar-refractivity contribution in [3.63, 3.8) is 0 Å². The van der Waals surface area contributed by atoms with E-state index in [9.17, 15) is 43.2 Å². The SMILES string of the molecule is O=S(=O)(O[Si]([Si]C#C[Si][Si](OS(=O)(=O)C(F)(F)F)(c1ccccc1)c1ccccc1)(c1ccccc1)c1ccccc1)C(F)(F)F. The van der Waals surface area contributed by atoms with E-state index in [0.717, 1.165) is 0 Å². The van der Waals surface area contributed by atoms with Crippen molar-refractivity contribution in [1.82, 2.24) is 0 Å². The fourth-order valence-electron chi connectivity index (χ4n) is 4.21. The van der Waals surface area contributed by atoms with Gasteiger partial charge in [0, 0.05) is 0 Å². The molecule has 238 valence electrons. The van der Waals surface area contributed by atoms with Gasteiger partial charge >= 0.3 is 31.3 Å². The molecule has 4 aromatic rings. The van der Waals surface area contributed by atoms with E-state index in [0.29, 0.717) is 0 Å². The summed E-state index contributed by atoms with van der Waals surface area (Å²) in [6, 6.07) is 29.5. The van der Waals surface area contributed by atoms with Crippen LogP contribution in [0.15, 0.2) is 121 Å². The quantitative estimate of drug-likeness (QED) is 0.108. The Morgan fingerprint density at radius 2 is 0.674 bits per heavy atom. The van der Waals surface area contributed by atoms with Crippen LogP contribution >= 0.6 is 0 Å². The van der Waals surface area contributed by atoms with E-state index in [1.54, 1.807) is 24.3 Å². The van der Waals surface area contributed by atoms with Crippen molar-refractivity contribution in [3.05, 3.63) is 121 Å². The Labute approximate surface area is 268 Å². The number of halogens is 6. The van der Waals surface area contributed by atoms with Gasteiger partial charge in [-0.05, 0) is 20.7 Å². The minimum Gasteiger partial charge on any atom is -0.300 e. The highest BCUT2D eigenvalue weighted by atomic mass is 32.2. The Morgan fingerprint density at radius 1 is 0.457 bits per heavy atom. The van der Waals surface area contributed by atoms with Crippen LogP contribution in [0.3, 0.4) is 0 Å². The molecule has 0 aliphatic carbocycles. The Bertz CT molecular complexity index is 1690. The van der Waals surface area contributed by atoms with Crippen LogP contribution in [-0.2, 0) is 28.0 Å². The van der Waals surface area contributed by atoms with Crippen LogP contribution in [0.2, 0.25) is 0 Å². The van der Waals surface area contributed by atoms with Crippen LogP contribution in [0.5, 0.6) is 0 Å².